The van der Waals surface area contributed by atoms with Crippen LogP contribution in [0, 0.1) is 11.7 Å². The van der Waals surface area contributed by atoms with Gasteiger partial charge in [0.05, 0.1) is 48.3 Å². The molecule has 0 radical (unpaired) electrons. The fraction of sp³-hybridized carbons (Fsp3) is 0.318. The van der Waals surface area contributed by atoms with E-state index in [0.717, 1.165) is 0 Å². The number of aromatic amines is 1. The number of amides is 2. The summed E-state index contributed by atoms with van der Waals surface area (Å²) in [5, 5.41) is 9.69. The second-order valence-electron chi connectivity index (χ2n) is 8.67. The quantitative estimate of drug-likeness (QED) is 0.434. The van der Waals surface area contributed by atoms with Gasteiger partial charge in [0.25, 0.3) is 0 Å². The highest BCUT2D eigenvalue weighted by atomic mass is 35.5. The van der Waals surface area contributed by atoms with Gasteiger partial charge in [-0.2, -0.15) is 5.10 Å². The number of nitrogens with one attached hydrogen (secondary N) is 2. The van der Waals surface area contributed by atoms with Gasteiger partial charge in [-0.25, -0.2) is 13.8 Å². The van der Waals surface area contributed by atoms with Gasteiger partial charge in [-0.1, -0.05) is 11.6 Å². The Hall–Kier alpha value is -3.80. The summed E-state index contributed by atoms with van der Waals surface area (Å²) >= 11 is 6.45. The summed E-state index contributed by atoms with van der Waals surface area (Å²) in [5.41, 5.74) is 1.39. The lowest BCUT2D eigenvalue weighted by Crippen LogP contribution is -2.55. The molecule has 0 spiro atoms. The van der Waals surface area contributed by atoms with Crippen molar-refractivity contribution in [3.05, 3.63) is 35.6 Å². The lowest BCUT2D eigenvalue weighted by molar-refractivity contribution is -0.137. The van der Waals surface area contributed by atoms with Crippen molar-refractivity contribution in [3.63, 3.8) is 0 Å². The molecule has 3 aromatic heterocycles. The number of nitrogens with zero attached hydrogens (tertiary/aromatic N) is 5. The molecule has 35 heavy (non-hydrogen) atoms. The number of carbonyl (C=O) groups excluding carboxylic acids is 2. The molecule has 4 heterocycles. The van der Waals surface area contributed by atoms with Crippen LogP contribution >= 0.6 is 11.6 Å². The highest BCUT2D eigenvalue weighted by Crippen LogP contribution is 2.42. The van der Waals surface area contributed by atoms with E-state index in [1.54, 1.807) is 21.7 Å². The first-order valence-corrected chi connectivity index (χ1v) is 11.2. The number of hydrogen-bond acceptors (Lipinski definition) is 6. The van der Waals surface area contributed by atoms with Crippen LogP contribution in [-0.2, 0) is 9.59 Å². The first kappa shape index (κ1) is 21.7. The monoisotopic (exact) mass is 501 g/mol. The van der Waals surface area contributed by atoms with E-state index in [-0.39, 0.29) is 35.0 Å². The number of ether oxygens (including phenoxy) is 1. The van der Waals surface area contributed by atoms with Gasteiger partial charge < -0.3 is 19.4 Å². The molecule has 2 N–H and O–H groups in total. The Kier molecular flexibility index (Phi) is 4.88. The molecule has 2 amide bonds. The molecule has 180 valence electrons. The van der Waals surface area contributed by atoms with E-state index < -0.39 is 23.8 Å². The third-order valence-electron chi connectivity index (χ3n) is 6.22. The lowest BCUT2D eigenvalue weighted by atomic mass is 10.1. The molecule has 1 saturated heterocycles. The predicted octanol–water partition coefficient (Wildman–Crippen LogP) is 2.97. The number of fused-ring (bicyclic) bond motifs is 2. The molecule has 10 nitrogen and oxygen atoms in total. The largest absolute Gasteiger partial charge is 0.481 e. The molecule has 1 aromatic carbocycles. The van der Waals surface area contributed by atoms with Gasteiger partial charge in [0.2, 0.25) is 11.8 Å². The number of imidazole rings is 1. The number of halogens is 3. The maximum Gasteiger partial charge on any atom is 0.231 e. The van der Waals surface area contributed by atoms with Crippen LogP contribution in [-0.4, -0.2) is 66.6 Å². The van der Waals surface area contributed by atoms with E-state index in [1.165, 1.54) is 19.3 Å². The molecule has 4 aromatic rings. The summed E-state index contributed by atoms with van der Waals surface area (Å²) in [6, 6.07) is 0. The van der Waals surface area contributed by atoms with Crippen LogP contribution in [0.2, 0.25) is 5.02 Å². The van der Waals surface area contributed by atoms with Crippen molar-refractivity contribution in [2.75, 3.05) is 18.4 Å². The summed E-state index contributed by atoms with van der Waals surface area (Å²) in [6.45, 7) is 2.17. The number of anilines is 1. The third kappa shape index (κ3) is 3.64. The van der Waals surface area contributed by atoms with Crippen LogP contribution in [0.15, 0.2) is 24.8 Å². The second kappa shape index (κ2) is 7.87. The summed E-state index contributed by atoms with van der Waals surface area (Å²) in [5.74, 6) is -1.73. The molecule has 1 aliphatic carbocycles. The van der Waals surface area contributed by atoms with Gasteiger partial charge >= 0.3 is 0 Å². The maximum absolute atomic E-state index is 15.4. The molecule has 2 atom stereocenters. The number of H-pyrrole nitrogens is 1. The molecule has 1 saturated carbocycles. The number of aromatic nitrogens is 5. The Morgan fingerprint density at radius 1 is 1.29 bits per heavy atom. The van der Waals surface area contributed by atoms with Crippen molar-refractivity contribution in [3.8, 4) is 17.0 Å². The van der Waals surface area contributed by atoms with E-state index >= 15 is 4.39 Å². The van der Waals surface area contributed by atoms with E-state index in [9.17, 15) is 14.0 Å². The number of hydrogen-bond donors (Lipinski definition) is 2. The zero-order chi connectivity index (χ0) is 24.4. The van der Waals surface area contributed by atoms with Crippen LogP contribution in [0.1, 0.15) is 13.3 Å². The molecular formula is C22H18ClF2N7O3. The third-order valence-corrected chi connectivity index (χ3v) is 6.58. The summed E-state index contributed by atoms with van der Waals surface area (Å²) in [4.78, 5) is 33.7. The van der Waals surface area contributed by atoms with E-state index in [4.69, 9.17) is 16.3 Å². The Morgan fingerprint density at radius 2 is 2.06 bits per heavy atom. The zero-order valence-electron chi connectivity index (χ0n) is 18.3. The zero-order valence-corrected chi connectivity index (χ0v) is 19.0. The van der Waals surface area contributed by atoms with Crippen LogP contribution in [0.25, 0.3) is 27.8 Å². The molecular weight excluding hydrogens is 484 g/mol. The smallest absolute Gasteiger partial charge is 0.231 e. The van der Waals surface area contributed by atoms with Crippen LogP contribution in [0.3, 0.4) is 0 Å². The predicted molar refractivity (Wildman–Crippen MR) is 121 cm³/mol. The Labute approximate surface area is 201 Å². The highest BCUT2D eigenvalue weighted by molar-refractivity contribution is 6.35. The first-order valence-electron chi connectivity index (χ1n) is 10.9. The van der Waals surface area contributed by atoms with E-state index in [0.29, 0.717) is 40.9 Å². The standard InChI is InChI=1S/C22H18ClF2N7O3/c1-9(33)31-5-10(6-31)35-21-19(25)18(23)17(12-3-27-30-20(12)21)14-7-32-8-15(28-16(32)4-26-14)29-22(34)11-2-13(11)24/h3-4,7-8,10-11,13H,2,5-6H2,1H3,(H,27,30)(H,29,34). The van der Waals surface area contributed by atoms with E-state index in [1.807, 2.05) is 0 Å². The fourth-order valence-corrected chi connectivity index (χ4v) is 4.41. The minimum Gasteiger partial charge on any atom is -0.481 e. The molecule has 13 heteroatoms. The molecule has 2 aliphatic rings. The minimum absolute atomic E-state index is 0.0700. The van der Waals surface area contributed by atoms with Crippen LogP contribution in [0.4, 0.5) is 14.6 Å². The van der Waals surface area contributed by atoms with Crippen molar-refractivity contribution in [1.82, 2.24) is 29.5 Å². The van der Waals surface area contributed by atoms with Crippen molar-refractivity contribution in [2.45, 2.75) is 25.6 Å². The van der Waals surface area contributed by atoms with Gasteiger partial charge in [0.15, 0.2) is 23.0 Å². The molecule has 1 aliphatic heterocycles. The topological polar surface area (TPSA) is 118 Å². The SMILES string of the molecule is CC(=O)N1CC(Oc2c(F)c(Cl)c(-c3cn4cc(NC(=O)C5CC5F)nc4cn3)c3cn[nH]c23)C1. The van der Waals surface area contributed by atoms with Gasteiger partial charge in [-0.15, -0.1) is 0 Å². The highest BCUT2D eigenvalue weighted by Gasteiger charge is 2.43. The normalized spacial score (nSPS) is 19.7. The number of benzene rings is 1. The van der Waals surface area contributed by atoms with Crippen molar-refractivity contribution in [2.24, 2.45) is 5.92 Å². The lowest BCUT2D eigenvalue weighted by Gasteiger charge is -2.38. The van der Waals surface area contributed by atoms with Gasteiger partial charge in [0.1, 0.15) is 17.8 Å². The number of carbonyl (C=O) groups is 2. The molecule has 0 bridgehead atoms. The van der Waals surface area contributed by atoms with E-state index in [2.05, 4.69) is 25.5 Å². The van der Waals surface area contributed by atoms with Crippen molar-refractivity contribution < 1.29 is 23.1 Å². The van der Waals surface area contributed by atoms with Gasteiger partial charge in [-0.05, 0) is 6.42 Å². The van der Waals surface area contributed by atoms with Crippen LogP contribution in [0.5, 0.6) is 5.75 Å². The summed E-state index contributed by atoms with van der Waals surface area (Å²) in [6.07, 6.45) is 4.84. The average Bonchev–Trinajstić information content (AvgIpc) is 3.16. The average molecular weight is 502 g/mol. The summed E-state index contributed by atoms with van der Waals surface area (Å²) < 4.78 is 36.0. The first-order chi connectivity index (χ1) is 16.8. The number of rotatable bonds is 5. The van der Waals surface area contributed by atoms with Gasteiger partial charge in [0, 0.05) is 24.1 Å². The Bertz CT molecular complexity index is 1510. The Balaban J connectivity index is 1.33. The van der Waals surface area contributed by atoms with Crippen molar-refractivity contribution in [1.29, 1.82) is 0 Å². The number of alkyl halides is 1. The van der Waals surface area contributed by atoms with Gasteiger partial charge in [-0.3, -0.25) is 19.7 Å². The van der Waals surface area contributed by atoms with Crippen molar-refractivity contribution >= 4 is 45.8 Å². The second-order valence-corrected chi connectivity index (χ2v) is 9.04. The molecule has 2 fully saturated rings. The molecule has 6 rings (SSSR count). The fourth-order valence-electron chi connectivity index (χ4n) is 4.13. The number of likely N-dealkylation sites (tertiary alicyclic amines) is 1. The Morgan fingerprint density at radius 3 is 2.77 bits per heavy atom. The maximum atomic E-state index is 15.4. The minimum atomic E-state index is -1.11. The molecule has 2 unspecified atom stereocenters. The van der Waals surface area contributed by atoms with Crippen LogP contribution < -0.4 is 10.1 Å². The summed E-state index contributed by atoms with van der Waals surface area (Å²) in [7, 11) is 0.